The van der Waals surface area contributed by atoms with Gasteiger partial charge in [0.25, 0.3) is 5.92 Å². The zero-order valence-corrected chi connectivity index (χ0v) is 14.8. The first-order valence-electron chi connectivity index (χ1n) is 7.91. The zero-order chi connectivity index (χ0) is 18.2. The van der Waals surface area contributed by atoms with Crippen LogP contribution >= 0.6 is 23.2 Å². The summed E-state index contributed by atoms with van der Waals surface area (Å²) in [7, 11) is 0. The monoisotopic (exact) mass is 391 g/mol. The highest BCUT2D eigenvalue weighted by Crippen LogP contribution is 2.49. The lowest BCUT2D eigenvalue weighted by Crippen LogP contribution is -2.51. The predicted molar refractivity (Wildman–Crippen MR) is 91.2 cm³/mol. The highest BCUT2D eigenvalue weighted by Gasteiger charge is 2.62. The molecule has 136 valence electrons. The van der Waals surface area contributed by atoms with E-state index in [4.69, 9.17) is 23.2 Å². The summed E-state index contributed by atoms with van der Waals surface area (Å²) in [5, 5.41) is 3.32. The average Bonchev–Trinajstić information content (AvgIpc) is 3.20. The standard InChI is InChI=1S/C16H17Cl2F2N3O2/c17-11-2-1-3-12(14(11)18)21-13(24)9-22-4-6-23(7-5-22)15(25)10-8-16(10,19)20/h1-3,10H,4-9H2,(H,21,24). The molecule has 1 N–H and O–H groups in total. The largest absolute Gasteiger partial charge is 0.340 e. The molecule has 2 amide bonds. The third-order valence-electron chi connectivity index (χ3n) is 4.40. The van der Waals surface area contributed by atoms with Crippen molar-refractivity contribution in [2.24, 2.45) is 5.92 Å². The summed E-state index contributed by atoms with van der Waals surface area (Å²) in [6.45, 7) is 1.74. The Balaban J connectivity index is 1.46. The van der Waals surface area contributed by atoms with Crippen LogP contribution in [0.5, 0.6) is 0 Å². The van der Waals surface area contributed by atoms with Crippen LogP contribution in [0, 0.1) is 5.92 Å². The predicted octanol–water partition coefficient (Wildman–Crippen LogP) is 2.73. The van der Waals surface area contributed by atoms with E-state index in [9.17, 15) is 18.4 Å². The fourth-order valence-electron chi connectivity index (χ4n) is 2.82. The molecule has 1 aliphatic carbocycles. The average molecular weight is 392 g/mol. The fourth-order valence-corrected chi connectivity index (χ4v) is 3.17. The van der Waals surface area contributed by atoms with E-state index in [0.29, 0.717) is 36.9 Å². The molecule has 25 heavy (non-hydrogen) atoms. The summed E-state index contributed by atoms with van der Waals surface area (Å²) in [5.41, 5.74) is 0.434. The van der Waals surface area contributed by atoms with E-state index >= 15 is 0 Å². The zero-order valence-electron chi connectivity index (χ0n) is 13.3. The number of hydrogen-bond acceptors (Lipinski definition) is 3. The molecule has 1 atom stereocenters. The second-order valence-electron chi connectivity index (χ2n) is 6.27. The van der Waals surface area contributed by atoms with Gasteiger partial charge in [0.2, 0.25) is 11.8 Å². The summed E-state index contributed by atoms with van der Waals surface area (Å²) in [5.74, 6) is -4.74. The maximum absolute atomic E-state index is 13.0. The summed E-state index contributed by atoms with van der Waals surface area (Å²) < 4.78 is 26.0. The molecule has 0 bridgehead atoms. The fraction of sp³-hybridized carbons (Fsp3) is 0.500. The number of halogens is 4. The summed E-state index contributed by atoms with van der Waals surface area (Å²) in [6, 6.07) is 4.96. The molecule has 2 aliphatic rings. The van der Waals surface area contributed by atoms with Crippen LogP contribution in [0.1, 0.15) is 6.42 Å². The second-order valence-corrected chi connectivity index (χ2v) is 7.05. The lowest BCUT2D eigenvalue weighted by molar-refractivity contribution is -0.136. The first kappa shape index (κ1) is 18.4. The highest BCUT2D eigenvalue weighted by atomic mass is 35.5. The maximum Gasteiger partial charge on any atom is 0.260 e. The number of benzene rings is 1. The maximum atomic E-state index is 13.0. The van der Waals surface area contributed by atoms with Crippen molar-refractivity contribution in [2.45, 2.75) is 12.3 Å². The lowest BCUT2D eigenvalue weighted by Gasteiger charge is -2.34. The van der Waals surface area contributed by atoms with Crippen LogP contribution < -0.4 is 5.32 Å². The van der Waals surface area contributed by atoms with Crippen molar-refractivity contribution < 1.29 is 18.4 Å². The van der Waals surface area contributed by atoms with Crippen molar-refractivity contribution in [1.29, 1.82) is 0 Å². The molecule has 5 nitrogen and oxygen atoms in total. The van der Waals surface area contributed by atoms with E-state index in [0.717, 1.165) is 0 Å². The molecule has 0 spiro atoms. The number of piperazine rings is 1. The minimum absolute atomic E-state index is 0.129. The molecule has 1 aliphatic heterocycles. The molecule has 3 rings (SSSR count). The molecule has 1 saturated carbocycles. The van der Waals surface area contributed by atoms with Gasteiger partial charge < -0.3 is 10.2 Å². The Bertz CT molecular complexity index is 694. The molecule has 1 aromatic rings. The van der Waals surface area contributed by atoms with Crippen molar-refractivity contribution in [3.63, 3.8) is 0 Å². The van der Waals surface area contributed by atoms with Crippen LogP contribution in [0.2, 0.25) is 10.0 Å². The Labute approximate surface area is 153 Å². The van der Waals surface area contributed by atoms with Crippen LogP contribution in [0.15, 0.2) is 18.2 Å². The first-order valence-corrected chi connectivity index (χ1v) is 8.66. The Morgan fingerprint density at radius 2 is 1.84 bits per heavy atom. The van der Waals surface area contributed by atoms with Gasteiger partial charge in [0, 0.05) is 32.6 Å². The number of amides is 2. The number of carbonyl (C=O) groups is 2. The second kappa shape index (κ2) is 7.05. The van der Waals surface area contributed by atoms with Gasteiger partial charge in [-0.25, -0.2) is 8.78 Å². The molecule has 9 heteroatoms. The Kier molecular flexibility index (Phi) is 5.18. The highest BCUT2D eigenvalue weighted by molar-refractivity contribution is 6.44. The molecular formula is C16H17Cl2F2N3O2. The molecule has 1 heterocycles. The van der Waals surface area contributed by atoms with Gasteiger partial charge in [-0.15, -0.1) is 0 Å². The van der Waals surface area contributed by atoms with Crippen molar-refractivity contribution in [3.8, 4) is 0 Å². The Hall–Kier alpha value is -1.44. The normalized spacial score (nSPS) is 22.6. The Morgan fingerprint density at radius 1 is 1.20 bits per heavy atom. The number of alkyl halides is 2. The summed E-state index contributed by atoms with van der Waals surface area (Å²) in [6.07, 6.45) is -0.352. The molecule has 0 aromatic heterocycles. The SMILES string of the molecule is O=C(CN1CCN(C(=O)C2CC2(F)F)CC1)Nc1cccc(Cl)c1Cl. The summed E-state index contributed by atoms with van der Waals surface area (Å²) in [4.78, 5) is 27.4. The molecule has 1 saturated heterocycles. The lowest BCUT2D eigenvalue weighted by atomic mass is 10.2. The van der Waals surface area contributed by atoms with Gasteiger partial charge in [0.15, 0.2) is 0 Å². The van der Waals surface area contributed by atoms with Crippen LogP contribution in [-0.2, 0) is 9.59 Å². The minimum atomic E-state index is -2.84. The van der Waals surface area contributed by atoms with Gasteiger partial charge in [0.1, 0.15) is 5.92 Å². The van der Waals surface area contributed by atoms with E-state index in [1.165, 1.54) is 4.90 Å². The van der Waals surface area contributed by atoms with E-state index in [1.54, 1.807) is 18.2 Å². The van der Waals surface area contributed by atoms with E-state index < -0.39 is 17.7 Å². The van der Waals surface area contributed by atoms with Gasteiger partial charge in [-0.2, -0.15) is 0 Å². The van der Waals surface area contributed by atoms with Crippen LogP contribution in [0.25, 0.3) is 0 Å². The molecular weight excluding hydrogens is 375 g/mol. The number of carbonyl (C=O) groups excluding carboxylic acids is 2. The number of hydrogen-bond donors (Lipinski definition) is 1. The molecule has 1 unspecified atom stereocenters. The van der Waals surface area contributed by atoms with E-state index in [2.05, 4.69) is 5.32 Å². The Morgan fingerprint density at radius 3 is 2.44 bits per heavy atom. The van der Waals surface area contributed by atoms with Gasteiger partial charge in [-0.3, -0.25) is 14.5 Å². The van der Waals surface area contributed by atoms with Gasteiger partial charge in [0.05, 0.1) is 22.3 Å². The third kappa shape index (κ3) is 4.22. The molecule has 0 radical (unpaired) electrons. The van der Waals surface area contributed by atoms with Crippen molar-refractivity contribution in [3.05, 3.63) is 28.2 Å². The van der Waals surface area contributed by atoms with Crippen LogP contribution in [0.4, 0.5) is 14.5 Å². The van der Waals surface area contributed by atoms with E-state index in [-0.39, 0.29) is 23.9 Å². The topological polar surface area (TPSA) is 52.7 Å². The van der Waals surface area contributed by atoms with Crippen LogP contribution in [-0.4, -0.2) is 60.3 Å². The first-order chi connectivity index (χ1) is 11.8. The quantitative estimate of drug-likeness (QED) is 0.858. The molecule has 2 fully saturated rings. The molecule has 1 aromatic carbocycles. The van der Waals surface area contributed by atoms with Crippen molar-refractivity contribution in [1.82, 2.24) is 9.80 Å². The number of nitrogens with zero attached hydrogens (tertiary/aromatic N) is 2. The number of anilines is 1. The smallest absolute Gasteiger partial charge is 0.260 e. The number of nitrogens with one attached hydrogen (secondary N) is 1. The summed E-state index contributed by atoms with van der Waals surface area (Å²) >= 11 is 11.9. The van der Waals surface area contributed by atoms with Crippen molar-refractivity contribution >= 4 is 40.7 Å². The third-order valence-corrected chi connectivity index (χ3v) is 5.22. The van der Waals surface area contributed by atoms with Crippen molar-refractivity contribution in [2.75, 3.05) is 38.0 Å². The van der Waals surface area contributed by atoms with Gasteiger partial charge >= 0.3 is 0 Å². The van der Waals surface area contributed by atoms with Gasteiger partial charge in [-0.05, 0) is 12.1 Å². The van der Waals surface area contributed by atoms with Crippen LogP contribution in [0.3, 0.4) is 0 Å². The van der Waals surface area contributed by atoms with Gasteiger partial charge in [-0.1, -0.05) is 29.3 Å². The number of rotatable bonds is 4. The minimum Gasteiger partial charge on any atom is -0.340 e. The van der Waals surface area contributed by atoms with E-state index in [1.807, 2.05) is 4.90 Å².